The van der Waals surface area contributed by atoms with E-state index in [1.165, 1.54) is 7.11 Å². The number of ether oxygens (including phenoxy) is 1. The van der Waals surface area contributed by atoms with Gasteiger partial charge in [-0.25, -0.2) is 0 Å². The molecule has 1 aliphatic rings. The number of nitrogens with one attached hydrogen (secondary N) is 2. The van der Waals surface area contributed by atoms with Gasteiger partial charge in [-0.2, -0.15) is 0 Å². The molecule has 2 atom stereocenters. The molecule has 98 valence electrons. The SMILES string of the molecule is COCC(=O)NCCNC(=O)C1CC1C(C)C. The molecule has 0 aromatic heterocycles. The summed E-state index contributed by atoms with van der Waals surface area (Å²) in [7, 11) is 1.47. The average Bonchev–Trinajstić information content (AvgIpc) is 3.04. The average molecular weight is 242 g/mol. The fourth-order valence-corrected chi connectivity index (χ4v) is 1.95. The van der Waals surface area contributed by atoms with E-state index in [-0.39, 0.29) is 24.3 Å². The zero-order valence-corrected chi connectivity index (χ0v) is 10.8. The lowest BCUT2D eigenvalue weighted by atomic mass is 10.1. The summed E-state index contributed by atoms with van der Waals surface area (Å²) in [5, 5.41) is 5.49. The standard InChI is InChI=1S/C12H22N2O3/c1-8(2)9-6-10(9)12(16)14-5-4-13-11(15)7-17-3/h8-10H,4-7H2,1-3H3,(H,13,15)(H,14,16). The summed E-state index contributed by atoms with van der Waals surface area (Å²) in [5.41, 5.74) is 0. The van der Waals surface area contributed by atoms with E-state index in [9.17, 15) is 9.59 Å². The molecule has 1 aliphatic carbocycles. The normalized spacial score (nSPS) is 22.4. The Balaban J connectivity index is 2.04. The highest BCUT2D eigenvalue weighted by molar-refractivity contribution is 5.81. The van der Waals surface area contributed by atoms with Gasteiger partial charge in [0.15, 0.2) is 0 Å². The number of methoxy groups -OCH3 is 1. The molecule has 5 heteroatoms. The van der Waals surface area contributed by atoms with Crippen LogP contribution >= 0.6 is 0 Å². The van der Waals surface area contributed by atoms with Crippen molar-refractivity contribution in [1.82, 2.24) is 10.6 Å². The van der Waals surface area contributed by atoms with Crippen LogP contribution in [0.4, 0.5) is 0 Å². The van der Waals surface area contributed by atoms with E-state index >= 15 is 0 Å². The van der Waals surface area contributed by atoms with E-state index in [0.29, 0.717) is 24.9 Å². The first kappa shape index (κ1) is 14.0. The van der Waals surface area contributed by atoms with Crippen molar-refractivity contribution >= 4 is 11.8 Å². The predicted octanol–water partition coefficient (Wildman–Crippen LogP) is 0.157. The molecule has 2 unspecified atom stereocenters. The Morgan fingerprint density at radius 2 is 1.94 bits per heavy atom. The van der Waals surface area contributed by atoms with Crippen molar-refractivity contribution < 1.29 is 14.3 Å². The van der Waals surface area contributed by atoms with E-state index in [0.717, 1.165) is 6.42 Å². The topological polar surface area (TPSA) is 67.4 Å². The Kier molecular flexibility index (Phi) is 5.41. The summed E-state index contributed by atoms with van der Waals surface area (Å²) in [4.78, 5) is 22.7. The minimum absolute atomic E-state index is 0.0615. The lowest BCUT2D eigenvalue weighted by molar-refractivity contribution is -0.125. The summed E-state index contributed by atoms with van der Waals surface area (Å²) in [5.74, 6) is 1.26. The van der Waals surface area contributed by atoms with Gasteiger partial charge in [0, 0.05) is 26.1 Å². The zero-order chi connectivity index (χ0) is 12.8. The third-order valence-electron chi connectivity index (χ3n) is 3.05. The second-order valence-corrected chi connectivity index (χ2v) is 4.82. The molecular weight excluding hydrogens is 220 g/mol. The van der Waals surface area contributed by atoms with Gasteiger partial charge in [-0.3, -0.25) is 9.59 Å². The summed E-state index contributed by atoms with van der Waals surface area (Å²) in [6.45, 7) is 5.28. The van der Waals surface area contributed by atoms with Crippen molar-refractivity contribution in [2.45, 2.75) is 20.3 Å². The highest BCUT2D eigenvalue weighted by Crippen LogP contribution is 2.43. The van der Waals surface area contributed by atoms with Gasteiger partial charge in [0.1, 0.15) is 6.61 Å². The lowest BCUT2D eigenvalue weighted by Gasteiger charge is -2.07. The summed E-state index contributed by atoms with van der Waals surface area (Å²) in [6, 6.07) is 0. The highest BCUT2D eigenvalue weighted by Gasteiger charge is 2.44. The molecule has 0 aromatic carbocycles. The van der Waals surface area contributed by atoms with Crippen LogP contribution in [0.5, 0.6) is 0 Å². The number of carbonyl (C=O) groups excluding carboxylic acids is 2. The second-order valence-electron chi connectivity index (χ2n) is 4.82. The number of amides is 2. The number of rotatable bonds is 7. The van der Waals surface area contributed by atoms with Crippen LogP contribution in [-0.2, 0) is 14.3 Å². The maximum absolute atomic E-state index is 11.6. The van der Waals surface area contributed by atoms with Crippen LogP contribution in [-0.4, -0.2) is 38.6 Å². The molecule has 0 heterocycles. The third-order valence-corrected chi connectivity index (χ3v) is 3.05. The Labute approximate surface area is 102 Å². The second kappa shape index (κ2) is 6.59. The van der Waals surface area contributed by atoms with Gasteiger partial charge in [0.25, 0.3) is 0 Å². The highest BCUT2D eigenvalue weighted by atomic mass is 16.5. The van der Waals surface area contributed by atoms with Crippen molar-refractivity contribution in [3.05, 3.63) is 0 Å². The van der Waals surface area contributed by atoms with E-state index in [1.54, 1.807) is 0 Å². The molecule has 0 saturated heterocycles. The zero-order valence-electron chi connectivity index (χ0n) is 10.8. The van der Waals surface area contributed by atoms with Crippen molar-refractivity contribution in [1.29, 1.82) is 0 Å². The molecule has 0 aliphatic heterocycles. The van der Waals surface area contributed by atoms with E-state index in [1.807, 2.05) is 0 Å². The molecule has 0 aromatic rings. The first-order valence-corrected chi connectivity index (χ1v) is 6.09. The molecule has 2 amide bonds. The van der Waals surface area contributed by atoms with Crippen LogP contribution < -0.4 is 10.6 Å². The Morgan fingerprint density at radius 1 is 1.29 bits per heavy atom. The van der Waals surface area contributed by atoms with Crippen LogP contribution in [0.15, 0.2) is 0 Å². The van der Waals surface area contributed by atoms with Crippen molar-refractivity contribution in [2.75, 3.05) is 26.8 Å². The van der Waals surface area contributed by atoms with Gasteiger partial charge in [-0.15, -0.1) is 0 Å². The summed E-state index contributed by atoms with van der Waals surface area (Å²) in [6.07, 6.45) is 1.000. The Bertz CT molecular complexity index is 279. The van der Waals surface area contributed by atoms with E-state index in [4.69, 9.17) is 0 Å². The molecule has 0 radical (unpaired) electrons. The maximum Gasteiger partial charge on any atom is 0.246 e. The summed E-state index contributed by atoms with van der Waals surface area (Å²) < 4.78 is 4.67. The van der Waals surface area contributed by atoms with Crippen molar-refractivity contribution in [2.24, 2.45) is 17.8 Å². The summed E-state index contributed by atoms with van der Waals surface area (Å²) >= 11 is 0. The number of carbonyl (C=O) groups is 2. The number of hydrogen-bond donors (Lipinski definition) is 2. The van der Waals surface area contributed by atoms with Gasteiger partial charge < -0.3 is 15.4 Å². The quantitative estimate of drug-likeness (QED) is 0.625. The predicted molar refractivity (Wildman–Crippen MR) is 64.3 cm³/mol. The lowest BCUT2D eigenvalue weighted by Crippen LogP contribution is -2.36. The number of hydrogen-bond acceptors (Lipinski definition) is 3. The molecular formula is C12H22N2O3. The smallest absolute Gasteiger partial charge is 0.246 e. The molecule has 0 bridgehead atoms. The Hall–Kier alpha value is -1.10. The molecule has 0 spiro atoms. The van der Waals surface area contributed by atoms with Crippen LogP contribution in [0, 0.1) is 17.8 Å². The molecule has 1 rings (SSSR count). The van der Waals surface area contributed by atoms with Crippen LogP contribution in [0.1, 0.15) is 20.3 Å². The maximum atomic E-state index is 11.6. The van der Waals surface area contributed by atoms with Crippen molar-refractivity contribution in [3.63, 3.8) is 0 Å². The molecule has 17 heavy (non-hydrogen) atoms. The van der Waals surface area contributed by atoms with Gasteiger partial charge in [-0.05, 0) is 18.3 Å². The molecule has 2 N–H and O–H groups in total. The van der Waals surface area contributed by atoms with Crippen LogP contribution in [0.2, 0.25) is 0 Å². The van der Waals surface area contributed by atoms with E-state index < -0.39 is 0 Å². The van der Waals surface area contributed by atoms with Crippen molar-refractivity contribution in [3.8, 4) is 0 Å². The largest absolute Gasteiger partial charge is 0.375 e. The third kappa shape index (κ3) is 4.73. The van der Waals surface area contributed by atoms with Gasteiger partial charge in [-0.1, -0.05) is 13.8 Å². The monoisotopic (exact) mass is 242 g/mol. The molecule has 1 saturated carbocycles. The minimum Gasteiger partial charge on any atom is -0.375 e. The van der Waals surface area contributed by atoms with Gasteiger partial charge in [0.2, 0.25) is 11.8 Å². The van der Waals surface area contributed by atoms with Gasteiger partial charge in [0.05, 0.1) is 0 Å². The molecule has 5 nitrogen and oxygen atoms in total. The van der Waals surface area contributed by atoms with Crippen LogP contribution in [0.3, 0.4) is 0 Å². The molecule has 1 fully saturated rings. The van der Waals surface area contributed by atoms with E-state index in [2.05, 4.69) is 29.2 Å². The fraction of sp³-hybridized carbons (Fsp3) is 0.833. The first-order chi connectivity index (χ1) is 8.06. The van der Waals surface area contributed by atoms with Gasteiger partial charge >= 0.3 is 0 Å². The Morgan fingerprint density at radius 3 is 2.47 bits per heavy atom. The fourth-order valence-electron chi connectivity index (χ4n) is 1.95. The minimum atomic E-state index is -0.159. The first-order valence-electron chi connectivity index (χ1n) is 6.09. The van der Waals surface area contributed by atoms with Crippen LogP contribution in [0.25, 0.3) is 0 Å².